The van der Waals surface area contributed by atoms with E-state index in [0.717, 1.165) is 27.5 Å². The van der Waals surface area contributed by atoms with Crippen LogP contribution in [0.2, 0.25) is 10.0 Å². The number of nitrogens with zero attached hydrogens (tertiary/aromatic N) is 2. The Labute approximate surface area is 176 Å². The van der Waals surface area contributed by atoms with E-state index in [1.807, 2.05) is 41.8 Å². The van der Waals surface area contributed by atoms with E-state index in [4.69, 9.17) is 28.3 Å². The number of benzene rings is 2. The molecule has 0 radical (unpaired) electrons. The average Bonchev–Trinajstić information content (AvgIpc) is 3.28. The zero-order chi connectivity index (χ0) is 19.9. The summed E-state index contributed by atoms with van der Waals surface area (Å²) in [5.74, 6) is 0. The highest BCUT2D eigenvalue weighted by Gasteiger charge is 2.16. The van der Waals surface area contributed by atoms with E-state index < -0.39 is 9.84 Å². The number of thiophene rings is 1. The average molecular weight is 449 g/mol. The van der Waals surface area contributed by atoms with Crippen LogP contribution in [0.25, 0.3) is 27.5 Å². The molecule has 2 heterocycles. The molecule has 0 atom stereocenters. The normalized spacial score (nSPS) is 11.7. The SMILES string of the molecule is CS(=O)(=O)c1ccc(-n2nc(-c3sccc3Cl)cc2-c2ccc(Cl)cc2)cc1. The van der Waals surface area contributed by atoms with E-state index in [1.165, 1.54) is 17.6 Å². The van der Waals surface area contributed by atoms with Gasteiger partial charge in [0.1, 0.15) is 5.69 Å². The monoisotopic (exact) mass is 448 g/mol. The molecule has 0 bridgehead atoms. The number of sulfone groups is 1. The van der Waals surface area contributed by atoms with Crippen molar-refractivity contribution in [3.63, 3.8) is 0 Å². The molecule has 0 saturated carbocycles. The summed E-state index contributed by atoms with van der Waals surface area (Å²) in [6.45, 7) is 0. The minimum atomic E-state index is -3.26. The molecule has 0 saturated heterocycles. The van der Waals surface area contributed by atoms with E-state index >= 15 is 0 Å². The van der Waals surface area contributed by atoms with Crippen molar-refractivity contribution in [3.8, 4) is 27.5 Å². The molecule has 0 unspecified atom stereocenters. The molecular weight excluding hydrogens is 435 g/mol. The standard InChI is InChI=1S/C20H14Cl2N2O2S2/c1-28(25,26)16-8-6-15(7-9-16)24-19(13-2-4-14(21)5-3-13)12-18(23-24)20-17(22)10-11-27-20/h2-12H,1H3. The fourth-order valence-corrected chi connectivity index (χ4v) is 4.69. The number of halogens is 2. The number of hydrogen-bond acceptors (Lipinski definition) is 4. The molecule has 0 amide bonds. The van der Waals surface area contributed by atoms with Crippen LogP contribution in [0.1, 0.15) is 0 Å². The van der Waals surface area contributed by atoms with Crippen molar-refractivity contribution in [1.82, 2.24) is 9.78 Å². The van der Waals surface area contributed by atoms with Crippen LogP contribution in [0.15, 0.2) is 70.9 Å². The van der Waals surface area contributed by atoms with E-state index in [-0.39, 0.29) is 4.90 Å². The number of aromatic nitrogens is 2. The largest absolute Gasteiger partial charge is 0.232 e. The molecule has 0 aliphatic carbocycles. The van der Waals surface area contributed by atoms with Crippen molar-refractivity contribution in [1.29, 1.82) is 0 Å². The van der Waals surface area contributed by atoms with Crippen LogP contribution in [-0.2, 0) is 9.84 Å². The maximum Gasteiger partial charge on any atom is 0.175 e. The highest BCUT2D eigenvalue weighted by molar-refractivity contribution is 7.90. The molecule has 8 heteroatoms. The van der Waals surface area contributed by atoms with Crippen LogP contribution < -0.4 is 0 Å². The van der Waals surface area contributed by atoms with Crippen LogP contribution in [0.4, 0.5) is 0 Å². The minimum Gasteiger partial charge on any atom is -0.232 e. The van der Waals surface area contributed by atoms with E-state index in [2.05, 4.69) is 0 Å². The van der Waals surface area contributed by atoms with Gasteiger partial charge in [0, 0.05) is 16.8 Å². The third-order valence-corrected chi connectivity index (χ3v) is 6.95. The van der Waals surface area contributed by atoms with Gasteiger partial charge in [-0.15, -0.1) is 11.3 Å². The maximum absolute atomic E-state index is 11.7. The predicted octanol–water partition coefficient (Wildman–Crippen LogP) is 5.98. The van der Waals surface area contributed by atoms with Gasteiger partial charge in [-0.3, -0.25) is 0 Å². The molecule has 28 heavy (non-hydrogen) atoms. The Kier molecular flexibility index (Phi) is 5.05. The summed E-state index contributed by atoms with van der Waals surface area (Å²) in [5.41, 5.74) is 3.28. The first-order valence-corrected chi connectivity index (χ1v) is 11.8. The predicted molar refractivity (Wildman–Crippen MR) is 115 cm³/mol. The van der Waals surface area contributed by atoms with Crippen molar-refractivity contribution in [3.05, 3.63) is 76.1 Å². The van der Waals surface area contributed by atoms with Crippen molar-refractivity contribution >= 4 is 44.4 Å². The van der Waals surface area contributed by atoms with Crippen molar-refractivity contribution in [2.24, 2.45) is 0 Å². The Hall–Kier alpha value is -2.12. The molecule has 0 fully saturated rings. The van der Waals surface area contributed by atoms with Gasteiger partial charge < -0.3 is 0 Å². The van der Waals surface area contributed by atoms with Crippen LogP contribution in [0.3, 0.4) is 0 Å². The van der Waals surface area contributed by atoms with E-state index in [1.54, 1.807) is 28.9 Å². The number of rotatable bonds is 4. The Morgan fingerprint density at radius 2 is 1.64 bits per heavy atom. The molecule has 142 valence electrons. The van der Waals surface area contributed by atoms with Gasteiger partial charge in [0.15, 0.2) is 9.84 Å². The fraction of sp³-hybridized carbons (Fsp3) is 0.0500. The summed E-state index contributed by atoms with van der Waals surface area (Å²) in [6, 6.07) is 17.9. The van der Waals surface area contributed by atoms with Gasteiger partial charge >= 0.3 is 0 Å². The van der Waals surface area contributed by atoms with Crippen molar-refractivity contribution in [2.45, 2.75) is 4.90 Å². The quantitative estimate of drug-likeness (QED) is 0.385. The van der Waals surface area contributed by atoms with Gasteiger partial charge in [0.25, 0.3) is 0 Å². The lowest BCUT2D eigenvalue weighted by atomic mass is 10.1. The lowest BCUT2D eigenvalue weighted by Gasteiger charge is -2.08. The minimum absolute atomic E-state index is 0.262. The molecule has 2 aromatic carbocycles. The molecule has 0 spiro atoms. The van der Waals surface area contributed by atoms with Crippen LogP contribution in [0.5, 0.6) is 0 Å². The molecule has 0 aliphatic heterocycles. The zero-order valence-electron chi connectivity index (χ0n) is 14.6. The second-order valence-corrected chi connectivity index (χ2v) is 9.97. The molecular formula is C20H14Cl2N2O2S2. The van der Waals surface area contributed by atoms with Crippen LogP contribution in [-0.4, -0.2) is 24.5 Å². The summed E-state index contributed by atoms with van der Waals surface area (Å²) in [5, 5.41) is 7.94. The molecule has 0 aliphatic rings. The van der Waals surface area contributed by atoms with Crippen LogP contribution >= 0.6 is 34.5 Å². The van der Waals surface area contributed by atoms with Gasteiger partial charge in [0.05, 0.1) is 26.2 Å². The van der Waals surface area contributed by atoms with Gasteiger partial charge in [-0.1, -0.05) is 35.3 Å². The molecule has 4 nitrogen and oxygen atoms in total. The fourth-order valence-electron chi connectivity index (χ4n) is 2.83. The summed E-state index contributed by atoms with van der Waals surface area (Å²) < 4.78 is 25.3. The van der Waals surface area contributed by atoms with Gasteiger partial charge in [-0.05, 0) is 53.9 Å². The Morgan fingerprint density at radius 1 is 0.964 bits per heavy atom. The lowest BCUT2D eigenvalue weighted by Crippen LogP contribution is -2.01. The first-order chi connectivity index (χ1) is 13.3. The van der Waals surface area contributed by atoms with E-state index in [9.17, 15) is 8.42 Å². The smallest absolute Gasteiger partial charge is 0.175 e. The molecule has 4 aromatic rings. The summed E-state index contributed by atoms with van der Waals surface area (Å²) in [7, 11) is -3.26. The van der Waals surface area contributed by atoms with Crippen molar-refractivity contribution in [2.75, 3.05) is 6.26 Å². The third-order valence-electron chi connectivity index (χ3n) is 4.21. The second-order valence-electron chi connectivity index (χ2n) is 6.20. The zero-order valence-corrected chi connectivity index (χ0v) is 17.8. The Balaban J connectivity index is 1.88. The van der Waals surface area contributed by atoms with Gasteiger partial charge in [0.2, 0.25) is 0 Å². The first kappa shape index (κ1) is 19.2. The number of hydrogen-bond donors (Lipinski definition) is 0. The maximum atomic E-state index is 11.7. The summed E-state index contributed by atoms with van der Waals surface area (Å²) >= 11 is 13.8. The summed E-state index contributed by atoms with van der Waals surface area (Å²) in [4.78, 5) is 1.14. The van der Waals surface area contributed by atoms with Gasteiger partial charge in [-0.2, -0.15) is 5.10 Å². The summed E-state index contributed by atoms with van der Waals surface area (Å²) in [6.07, 6.45) is 1.19. The van der Waals surface area contributed by atoms with Crippen LogP contribution in [0, 0.1) is 0 Å². The van der Waals surface area contributed by atoms with Gasteiger partial charge in [-0.25, -0.2) is 13.1 Å². The molecule has 2 aromatic heterocycles. The lowest BCUT2D eigenvalue weighted by molar-refractivity contribution is 0.602. The highest BCUT2D eigenvalue weighted by atomic mass is 35.5. The molecule has 0 N–H and O–H groups in total. The Morgan fingerprint density at radius 3 is 2.21 bits per heavy atom. The highest BCUT2D eigenvalue weighted by Crippen LogP contribution is 2.36. The molecule has 4 rings (SSSR count). The first-order valence-electron chi connectivity index (χ1n) is 8.23. The second kappa shape index (κ2) is 7.37. The third kappa shape index (κ3) is 3.73. The van der Waals surface area contributed by atoms with Crippen molar-refractivity contribution < 1.29 is 8.42 Å². The van der Waals surface area contributed by atoms with E-state index in [0.29, 0.717) is 10.0 Å². The topological polar surface area (TPSA) is 52.0 Å². The Bertz CT molecular complexity index is 1240.